The van der Waals surface area contributed by atoms with E-state index in [-0.39, 0.29) is 0 Å². The highest BCUT2D eigenvalue weighted by Gasteiger charge is 2.14. The summed E-state index contributed by atoms with van der Waals surface area (Å²) in [5.74, 6) is 2.30. The molecule has 2 rings (SSSR count). The lowest BCUT2D eigenvalue weighted by Gasteiger charge is -2.09. The highest BCUT2D eigenvalue weighted by atomic mass is 16.5. The molecule has 1 aliphatic carbocycles. The van der Waals surface area contributed by atoms with E-state index in [1.165, 1.54) is 32.1 Å². The smallest absolute Gasteiger partial charge is 0.222 e. The Morgan fingerprint density at radius 2 is 2.00 bits per heavy atom. The Labute approximate surface area is 96.4 Å². The van der Waals surface area contributed by atoms with Gasteiger partial charge in [-0.3, -0.25) is 0 Å². The van der Waals surface area contributed by atoms with Gasteiger partial charge >= 0.3 is 0 Å². The van der Waals surface area contributed by atoms with Crippen LogP contribution in [0.5, 0.6) is 5.75 Å². The summed E-state index contributed by atoms with van der Waals surface area (Å²) in [5.41, 5.74) is 0. The number of methoxy groups -OCH3 is 1. The monoisotopic (exact) mass is 221 g/mol. The zero-order valence-corrected chi connectivity index (χ0v) is 9.78. The topological polar surface area (TPSA) is 47.0 Å². The third-order valence-electron chi connectivity index (χ3n) is 3.17. The van der Waals surface area contributed by atoms with Crippen LogP contribution in [0.2, 0.25) is 0 Å². The zero-order valence-electron chi connectivity index (χ0n) is 9.78. The Kier molecular flexibility index (Phi) is 3.97. The van der Waals surface area contributed by atoms with Crippen molar-refractivity contribution in [3.8, 4) is 5.75 Å². The molecule has 0 unspecified atom stereocenters. The van der Waals surface area contributed by atoms with Crippen LogP contribution < -0.4 is 10.1 Å². The van der Waals surface area contributed by atoms with Gasteiger partial charge in [-0.1, -0.05) is 25.7 Å². The minimum Gasteiger partial charge on any atom is -0.494 e. The number of anilines is 1. The molecule has 0 atom stereocenters. The van der Waals surface area contributed by atoms with Crippen molar-refractivity contribution >= 4 is 5.95 Å². The summed E-state index contributed by atoms with van der Waals surface area (Å²) in [5, 5.41) is 3.25. The summed E-state index contributed by atoms with van der Waals surface area (Å²) in [7, 11) is 1.62. The fraction of sp³-hybridized carbons (Fsp3) is 0.667. The molecule has 0 aromatic carbocycles. The standard InChI is InChI=1S/C12H19N3O/c1-16-11-8-14-12(15-9-11)13-7-6-10-4-2-3-5-10/h8-10H,2-7H2,1H3,(H,13,14,15). The molecular weight excluding hydrogens is 202 g/mol. The second-order valence-corrected chi connectivity index (χ2v) is 4.31. The maximum atomic E-state index is 5.00. The van der Waals surface area contributed by atoms with E-state index in [4.69, 9.17) is 4.74 Å². The first-order valence-corrected chi connectivity index (χ1v) is 5.98. The normalized spacial score (nSPS) is 16.3. The number of aromatic nitrogens is 2. The van der Waals surface area contributed by atoms with E-state index in [1.54, 1.807) is 19.5 Å². The van der Waals surface area contributed by atoms with Gasteiger partial charge in [-0.15, -0.1) is 0 Å². The van der Waals surface area contributed by atoms with Crippen LogP contribution in [-0.2, 0) is 0 Å². The number of nitrogens with zero attached hydrogens (tertiary/aromatic N) is 2. The van der Waals surface area contributed by atoms with Crippen LogP contribution in [0.1, 0.15) is 32.1 Å². The van der Waals surface area contributed by atoms with Crippen molar-refractivity contribution in [2.75, 3.05) is 19.0 Å². The van der Waals surface area contributed by atoms with Crippen LogP contribution in [0.15, 0.2) is 12.4 Å². The minimum atomic E-state index is 0.693. The maximum Gasteiger partial charge on any atom is 0.222 e. The minimum absolute atomic E-state index is 0.693. The molecule has 4 nitrogen and oxygen atoms in total. The predicted octanol–water partition coefficient (Wildman–Crippen LogP) is 2.48. The Hall–Kier alpha value is -1.32. The first-order chi connectivity index (χ1) is 7.88. The zero-order chi connectivity index (χ0) is 11.2. The second kappa shape index (κ2) is 5.68. The molecular formula is C12H19N3O. The molecule has 0 bridgehead atoms. The molecule has 1 aromatic heterocycles. The van der Waals surface area contributed by atoms with Crippen molar-refractivity contribution in [2.45, 2.75) is 32.1 Å². The van der Waals surface area contributed by atoms with E-state index in [0.717, 1.165) is 12.5 Å². The summed E-state index contributed by atoms with van der Waals surface area (Å²) < 4.78 is 5.00. The number of ether oxygens (including phenoxy) is 1. The van der Waals surface area contributed by atoms with Crippen LogP contribution in [0.3, 0.4) is 0 Å². The molecule has 0 amide bonds. The van der Waals surface area contributed by atoms with Gasteiger partial charge in [-0.05, 0) is 12.3 Å². The van der Waals surface area contributed by atoms with Crippen molar-refractivity contribution in [3.63, 3.8) is 0 Å². The van der Waals surface area contributed by atoms with Gasteiger partial charge in [0.05, 0.1) is 19.5 Å². The summed E-state index contributed by atoms with van der Waals surface area (Å²) in [6.07, 6.45) is 10.2. The summed E-state index contributed by atoms with van der Waals surface area (Å²) in [6.45, 7) is 0.969. The van der Waals surface area contributed by atoms with Gasteiger partial charge in [-0.2, -0.15) is 0 Å². The highest BCUT2D eigenvalue weighted by molar-refractivity contribution is 5.26. The Morgan fingerprint density at radius 1 is 1.31 bits per heavy atom. The third-order valence-corrected chi connectivity index (χ3v) is 3.17. The molecule has 1 aromatic rings. The Bertz CT molecular complexity index is 307. The van der Waals surface area contributed by atoms with E-state index in [1.807, 2.05) is 0 Å². The molecule has 0 aliphatic heterocycles. The van der Waals surface area contributed by atoms with Gasteiger partial charge in [0.15, 0.2) is 5.75 Å². The van der Waals surface area contributed by atoms with E-state index in [0.29, 0.717) is 11.7 Å². The van der Waals surface area contributed by atoms with Gasteiger partial charge < -0.3 is 10.1 Å². The SMILES string of the molecule is COc1cnc(NCCC2CCCC2)nc1. The first-order valence-electron chi connectivity index (χ1n) is 5.98. The van der Waals surface area contributed by atoms with Gasteiger partial charge in [0.2, 0.25) is 5.95 Å². The summed E-state index contributed by atoms with van der Waals surface area (Å²) in [6, 6.07) is 0. The molecule has 0 saturated heterocycles. The van der Waals surface area contributed by atoms with Crippen LogP contribution in [-0.4, -0.2) is 23.6 Å². The van der Waals surface area contributed by atoms with Gasteiger partial charge in [0.25, 0.3) is 0 Å². The lowest BCUT2D eigenvalue weighted by atomic mass is 10.0. The molecule has 88 valence electrons. The molecule has 4 heteroatoms. The van der Waals surface area contributed by atoms with Gasteiger partial charge in [-0.25, -0.2) is 9.97 Å². The Balaban J connectivity index is 1.71. The number of rotatable bonds is 5. The summed E-state index contributed by atoms with van der Waals surface area (Å²) >= 11 is 0. The number of hydrogen-bond acceptors (Lipinski definition) is 4. The highest BCUT2D eigenvalue weighted by Crippen LogP contribution is 2.27. The van der Waals surface area contributed by atoms with E-state index >= 15 is 0 Å². The molecule has 0 radical (unpaired) electrons. The molecule has 1 fully saturated rings. The molecule has 16 heavy (non-hydrogen) atoms. The van der Waals surface area contributed by atoms with E-state index in [9.17, 15) is 0 Å². The van der Waals surface area contributed by atoms with Crippen LogP contribution >= 0.6 is 0 Å². The molecule has 0 spiro atoms. The van der Waals surface area contributed by atoms with Crippen molar-refractivity contribution in [1.29, 1.82) is 0 Å². The fourth-order valence-corrected chi connectivity index (χ4v) is 2.20. The van der Waals surface area contributed by atoms with Crippen LogP contribution in [0.4, 0.5) is 5.95 Å². The second-order valence-electron chi connectivity index (χ2n) is 4.31. The summed E-state index contributed by atoms with van der Waals surface area (Å²) in [4.78, 5) is 8.33. The van der Waals surface area contributed by atoms with Gasteiger partial charge in [0.1, 0.15) is 0 Å². The number of nitrogens with one attached hydrogen (secondary N) is 1. The average molecular weight is 221 g/mol. The number of hydrogen-bond donors (Lipinski definition) is 1. The molecule has 1 heterocycles. The quantitative estimate of drug-likeness (QED) is 0.829. The van der Waals surface area contributed by atoms with Crippen molar-refractivity contribution in [3.05, 3.63) is 12.4 Å². The largest absolute Gasteiger partial charge is 0.494 e. The van der Waals surface area contributed by atoms with Gasteiger partial charge in [0, 0.05) is 6.54 Å². The van der Waals surface area contributed by atoms with E-state index in [2.05, 4.69) is 15.3 Å². The first kappa shape index (κ1) is 11.2. The van der Waals surface area contributed by atoms with Crippen molar-refractivity contribution in [2.24, 2.45) is 5.92 Å². The lowest BCUT2D eigenvalue weighted by Crippen LogP contribution is -2.08. The molecule has 1 N–H and O–H groups in total. The third kappa shape index (κ3) is 3.08. The predicted molar refractivity (Wildman–Crippen MR) is 63.6 cm³/mol. The average Bonchev–Trinajstić information content (AvgIpc) is 2.83. The Morgan fingerprint density at radius 3 is 2.62 bits per heavy atom. The molecule has 1 saturated carbocycles. The van der Waals surface area contributed by atoms with Crippen LogP contribution in [0, 0.1) is 5.92 Å². The fourth-order valence-electron chi connectivity index (χ4n) is 2.20. The molecule has 1 aliphatic rings. The maximum absolute atomic E-state index is 5.00. The van der Waals surface area contributed by atoms with E-state index < -0.39 is 0 Å². The van der Waals surface area contributed by atoms with Crippen molar-refractivity contribution in [1.82, 2.24) is 9.97 Å². The van der Waals surface area contributed by atoms with Crippen LogP contribution in [0.25, 0.3) is 0 Å². The van der Waals surface area contributed by atoms with Crippen molar-refractivity contribution < 1.29 is 4.74 Å². The lowest BCUT2D eigenvalue weighted by molar-refractivity contribution is 0.411.